The molecule has 0 unspecified atom stereocenters. The summed E-state index contributed by atoms with van der Waals surface area (Å²) in [6, 6.07) is 12.3. The molecule has 0 aliphatic carbocycles. The van der Waals surface area contributed by atoms with Gasteiger partial charge in [0, 0.05) is 0 Å². The highest BCUT2D eigenvalue weighted by molar-refractivity contribution is 5.90. The zero-order valence-electron chi connectivity index (χ0n) is 16.1. The number of rotatable bonds is 9. The zero-order chi connectivity index (χ0) is 19.6. The summed E-state index contributed by atoms with van der Waals surface area (Å²) < 4.78 is 21.9. The van der Waals surface area contributed by atoms with Gasteiger partial charge in [0.05, 0.1) is 32.6 Å². The summed E-state index contributed by atoms with van der Waals surface area (Å²) in [6.07, 6.45) is 0.0160. The van der Waals surface area contributed by atoms with Crippen molar-refractivity contribution in [1.82, 2.24) is 5.32 Å². The van der Waals surface area contributed by atoms with Gasteiger partial charge in [0.2, 0.25) is 5.75 Å². The molecule has 7 nitrogen and oxygen atoms in total. The molecule has 0 atom stereocenters. The van der Waals surface area contributed by atoms with E-state index in [2.05, 4.69) is 10.6 Å². The molecule has 0 fully saturated rings. The lowest BCUT2D eigenvalue weighted by Crippen LogP contribution is -2.32. The van der Waals surface area contributed by atoms with Crippen LogP contribution in [0.4, 0.5) is 10.5 Å². The van der Waals surface area contributed by atoms with Crippen LogP contribution >= 0.6 is 0 Å². The van der Waals surface area contributed by atoms with Gasteiger partial charge in [-0.3, -0.25) is 0 Å². The Morgan fingerprint density at radius 1 is 0.963 bits per heavy atom. The number of amides is 2. The second-order valence-corrected chi connectivity index (χ2v) is 5.88. The van der Waals surface area contributed by atoms with Crippen molar-refractivity contribution in [2.75, 3.05) is 32.7 Å². The van der Waals surface area contributed by atoms with Crippen molar-refractivity contribution in [2.45, 2.75) is 20.0 Å². The maximum Gasteiger partial charge on any atom is 0.319 e. The first kappa shape index (κ1) is 20.2. The van der Waals surface area contributed by atoms with Gasteiger partial charge in [0.15, 0.2) is 11.5 Å². The number of carbonyl (C=O) groups is 1. The Hall–Kier alpha value is -3.09. The summed E-state index contributed by atoms with van der Waals surface area (Å²) >= 11 is 0. The van der Waals surface area contributed by atoms with Crippen LogP contribution in [0.25, 0.3) is 0 Å². The van der Waals surface area contributed by atoms with Crippen LogP contribution in [-0.4, -0.2) is 39.5 Å². The highest BCUT2D eigenvalue weighted by Gasteiger charge is 2.11. The Morgan fingerprint density at radius 2 is 1.67 bits per heavy atom. The lowest BCUT2D eigenvalue weighted by atomic mass is 10.3. The fourth-order valence-electron chi connectivity index (χ4n) is 2.39. The predicted octanol–water partition coefficient (Wildman–Crippen LogP) is 3.69. The van der Waals surface area contributed by atoms with E-state index >= 15 is 0 Å². The largest absolute Gasteiger partial charge is 0.493 e. The minimum atomic E-state index is -0.337. The third kappa shape index (κ3) is 5.99. The summed E-state index contributed by atoms with van der Waals surface area (Å²) in [6.45, 7) is 4.46. The van der Waals surface area contributed by atoms with E-state index in [0.717, 1.165) is 0 Å². The van der Waals surface area contributed by atoms with Crippen LogP contribution in [0.2, 0.25) is 0 Å². The van der Waals surface area contributed by atoms with Gasteiger partial charge in [-0.05, 0) is 38.1 Å². The van der Waals surface area contributed by atoms with Crippen molar-refractivity contribution in [1.29, 1.82) is 0 Å². The topological polar surface area (TPSA) is 78.1 Å². The Bertz CT molecular complexity index is 749. The Kier molecular flexibility index (Phi) is 7.61. The molecule has 2 aromatic carbocycles. The lowest BCUT2D eigenvalue weighted by Gasteiger charge is -2.16. The Balaban J connectivity index is 1.84. The molecule has 2 rings (SSSR count). The molecule has 2 N–H and O–H groups in total. The van der Waals surface area contributed by atoms with Crippen LogP contribution in [0.5, 0.6) is 23.0 Å². The molecule has 0 aliphatic heterocycles. The van der Waals surface area contributed by atoms with Crippen molar-refractivity contribution >= 4 is 11.7 Å². The minimum absolute atomic E-state index is 0.0160. The number of anilines is 1. The molecular weight excluding hydrogens is 348 g/mol. The van der Waals surface area contributed by atoms with Gasteiger partial charge in [0.25, 0.3) is 0 Å². The molecule has 2 amide bonds. The Labute approximate surface area is 159 Å². The van der Waals surface area contributed by atoms with Crippen LogP contribution in [0.3, 0.4) is 0 Å². The second-order valence-electron chi connectivity index (χ2n) is 5.88. The van der Waals surface area contributed by atoms with E-state index in [1.165, 1.54) is 0 Å². The molecule has 0 aromatic heterocycles. The van der Waals surface area contributed by atoms with Crippen molar-refractivity contribution in [3.8, 4) is 23.0 Å². The van der Waals surface area contributed by atoms with E-state index in [9.17, 15) is 4.79 Å². The quantitative estimate of drug-likeness (QED) is 0.655. The van der Waals surface area contributed by atoms with Gasteiger partial charge < -0.3 is 29.6 Å². The van der Waals surface area contributed by atoms with Crippen molar-refractivity contribution in [2.24, 2.45) is 0 Å². The molecule has 0 bridgehead atoms. The normalized spacial score (nSPS) is 10.3. The van der Waals surface area contributed by atoms with Gasteiger partial charge in [-0.15, -0.1) is 0 Å². The summed E-state index contributed by atoms with van der Waals surface area (Å²) in [7, 11) is 3.11. The maximum atomic E-state index is 12.1. The van der Waals surface area contributed by atoms with E-state index in [1.54, 1.807) is 32.4 Å². The SMILES string of the molecule is COc1cccc(OCCNC(=O)Nc2ccccc2OC(C)C)c1OC. The van der Waals surface area contributed by atoms with Gasteiger partial charge in [-0.2, -0.15) is 0 Å². The number of benzene rings is 2. The molecule has 0 saturated carbocycles. The lowest BCUT2D eigenvalue weighted by molar-refractivity contribution is 0.240. The fourth-order valence-corrected chi connectivity index (χ4v) is 2.39. The molecule has 146 valence electrons. The maximum absolute atomic E-state index is 12.1. The van der Waals surface area contributed by atoms with E-state index < -0.39 is 0 Å². The molecule has 2 aromatic rings. The zero-order valence-corrected chi connectivity index (χ0v) is 16.1. The monoisotopic (exact) mass is 374 g/mol. The second kappa shape index (κ2) is 10.2. The smallest absolute Gasteiger partial charge is 0.319 e. The molecule has 0 aliphatic rings. The average molecular weight is 374 g/mol. The minimum Gasteiger partial charge on any atom is -0.493 e. The number of para-hydroxylation sites is 3. The van der Waals surface area contributed by atoms with Crippen molar-refractivity contribution in [3.63, 3.8) is 0 Å². The van der Waals surface area contributed by atoms with Crippen LogP contribution in [0.1, 0.15) is 13.8 Å². The molecule has 7 heteroatoms. The summed E-state index contributed by atoms with van der Waals surface area (Å²) in [5.74, 6) is 2.28. The third-order valence-corrected chi connectivity index (χ3v) is 3.51. The molecule has 0 heterocycles. The molecule has 0 saturated heterocycles. The first-order chi connectivity index (χ1) is 13.0. The predicted molar refractivity (Wildman–Crippen MR) is 104 cm³/mol. The van der Waals surface area contributed by atoms with Gasteiger partial charge in [0.1, 0.15) is 12.4 Å². The van der Waals surface area contributed by atoms with E-state index in [1.807, 2.05) is 38.1 Å². The van der Waals surface area contributed by atoms with Crippen LogP contribution in [0.15, 0.2) is 42.5 Å². The fraction of sp³-hybridized carbons (Fsp3) is 0.350. The molecule has 0 spiro atoms. The number of nitrogens with one attached hydrogen (secondary N) is 2. The van der Waals surface area contributed by atoms with E-state index in [-0.39, 0.29) is 18.7 Å². The first-order valence-electron chi connectivity index (χ1n) is 8.69. The van der Waals surface area contributed by atoms with E-state index in [0.29, 0.717) is 35.2 Å². The number of urea groups is 1. The van der Waals surface area contributed by atoms with Gasteiger partial charge in [-0.25, -0.2) is 4.79 Å². The average Bonchev–Trinajstić information content (AvgIpc) is 2.66. The van der Waals surface area contributed by atoms with Crippen LogP contribution < -0.4 is 29.6 Å². The summed E-state index contributed by atoms with van der Waals surface area (Å²) in [5.41, 5.74) is 0.610. The molecule has 0 radical (unpaired) electrons. The molecule has 27 heavy (non-hydrogen) atoms. The van der Waals surface area contributed by atoms with Gasteiger partial charge in [-0.1, -0.05) is 18.2 Å². The van der Waals surface area contributed by atoms with Crippen molar-refractivity contribution < 1.29 is 23.7 Å². The van der Waals surface area contributed by atoms with Crippen LogP contribution in [0, 0.1) is 0 Å². The highest BCUT2D eigenvalue weighted by Crippen LogP contribution is 2.36. The van der Waals surface area contributed by atoms with E-state index in [4.69, 9.17) is 18.9 Å². The number of hydrogen-bond acceptors (Lipinski definition) is 5. The van der Waals surface area contributed by atoms with Crippen LogP contribution in [-0.2, 0) is 0 Å². The Morgan fingerprint density at radius 3 is 2.37 bits per heavy atom. The number of carbonyl (C=O) groups excluding carboxylic acids is 1. The summed E-state index contributed by atoms with van der Waals surface area (Å²) in [5, 5.41) is 5.53. The number of methoxy groups -OCH3 is 2. The number of ether oxygens (including phenoxy) is 4. The third-order valence-electron chi connectivity index (χ3n) is 3.51. The first-order valence-corrected chi connectivity index (χ1v) is 8.69. The van der Waals surface area contributed by atoms with Crippen molar-refractivity contribution in [3.05, 3.63) is 42.5 Å². The molecular formula is C20H26N2O5. The van der Waals surface area contributed by atoms with Gasteiger partial charge >= 0.3 is 6.03 Å². The standard InChI is InChI=1S/C20H26N2O5/c1-14(2)27-16-9-6-5-8-15(16)22-20(23)21-12-13-26-18-11-7-10-17(24-3)19(18)25-4/h5-11,14H,12-13H2,1-4H3,(H2,21,22,23). The summed E-state index contributed by atoms with van der Waals surface area (Å²) in [4.78, 5) is 12.1. The number of hydrogen-bond donors (Lipinski definition) is 2. The highest BCUT2D eigenvalue weighted by atomic mass is 16.5.